The highest BCUT2D eigenvalue weighted by atomic mass is 15.5. The lowest BCUT2D eigenvalue weighted by molar-refractivity contribution is 0.283. The van der Waals surface area contributed by atoms with E-state index < -0.39 is 0 Å². The molecule has 4 nitrogen and oxygen atoms in total. The lowest BCUT2D eigenvalue weighted by atomic mass is 9.95. The van der Waals surface area contributed by atoms with E-state index in [0.29, 0.717) is 0 Å². The predicted molar refractivity (Wildman–Crippen MR) is 83.7 cm³/mol. The molecule has 106 valence electrons. The van der Waals surface area contributed by atoms with Crippen molar-refractivity contribution in [1.29, 1.82) is 0 Å². The van der Waals surface area contributed by atoms with Crippen LogP contribution < -0.4 is 5.43 Å². The van der Waals surface area contributed by atoms with Crippen LogP contribution in [-0.4, -0.2) is 27.9 Å². The maximum absolute atomic E-state index is 4.36. The van der Waals surface area contributed by atoms with E-state index in [1.165, 1.54) is 5.57 Å². The van der Waals surface area contributed by atoms with E-state index in [1.807, 2.05) is 49.3 Å². The second kappa shape index (κ2) is 6.39. The average molecular weight is 270 g/mol. The molecule has 0 radical (unpaired) electrons. The number of nitrogens with one attached hydrogen (secondary N) is 1. The molecule has 1 atom stereocenters. The van der Waals surface area contributed by atoms with Gasteiger partial charge in [0.05, 0.1) is 12.2 Å². The van der Waals surface area contributed by atoms with Gasteiger partial charge in [-0.15, -0.1) is 0 Å². The number of hydrazine groups is 1. The average Bonchev–Trinajstić information content (AvgIpc) is 3.07. The molecule has 1 N–H and O–H groups in total. The number of aryl methyl sites for hydroxylation is 1. The Hall–Kier alpha value is -2.07. The van der Waals surface area contributed by atoms with Gasteiger partial charge in [-0.2, -0.15) is 5.10 Å². The number of aromatic nitrogens is 2. The normalized spacial score (nSPS) is 20.2. The van der Waals surface area contributed by atoms with E-state index in [4.69, 9.17) is 0 Å². The highest BCUT2D eigenvalue weighted by molar-refractivity contribution is 5.74. The Morgan fingerprint density at radius 2 is 2.35 bits per heavy atom. The summed E-state index contributed by atoms with van der Waals surface area (Å²) in [5.74, 6) is 0. The summed E-state index contributed by atoms with van der Waals surface area (Å²) in [5.41, 5.74) is 6.77. The van der Waals surface area contributed by atoms with Crippen LogP contribution in [-0.2, 0) is 6.54 Å². The van der Waals surface area contributed by atoms with Crippen molar-refractivity contribution in [3.05, 3.63) is 60.6 Å². The zero-order valence-corrected chi connectivity index (χ0v) is 12.4. The monoisotopic (exact) mass is 270 g/mol. The van der Waals surface area contributed by atoms with Crippen LogP contribution in [0.1, 0.15) is 19.4 Å². The van der Waals surface area contributed by atoms with Crippen LogP contribution in [0.15, 0.2) is 55.0 Å². The van der Waals surface area contributed by atoms with Crippen molar-refractivity contribution in [3.63, 3.8) is 0 Å². The van der Waals surface area contributed by atoms with Crippen molar-refractivity contribution in [1.82, 2.24) is 20.2 Å². The first-order chi connectivity index (χ1) is 9.71. The number of rotatable bonds is 5. The molecule has 0 saturated carbocycles. The minimum Gasteiger partial charge on any atom is -0.325 e. The quantitative estimate of drug-likeness (QED) is 0.835. The lowest BCUT2D eigenvalue weighted by Gasteiger charge is -2.23. The van der Waals surface area contributed by atoms with Crippen molar-refractivity contribution < 1.29 is 0 Å². The maximum Gasteiger partial charge on any atom is 0.0808 e. The summed E-state index contributed by atoms with van der Waals surface area (Å²) in [4.78, 5) is 0. The molecule has 1 aromatic heterocycles. The first-order valence-electron chi connectivity index (χ1n) is 6.88. The van der Waals surface area contributed by atoms with Crippen LogP contribution >= 0.6 is 0 Å². The number of hydrogen-bond acceptors (Lipinski definition) is 3. The predicted octanol–water partition coefficient (Wildman–Crippen LogP) is 2.75. The number of hydrogen-bond donors (Lipinski definition) is 1. The minimum atomic E-state index is 0.151. The minimum absolute atomic E-state index is 0.151. The molecule has 0 bridgehead atoms. The van der Waals surface area contributed by atoms with E-state index in [1.54, 1.807) is 0 Å². The molecule has 1 unspecified atom stereocenters. The van der Waals surface area contributed by atoms with Crippen LogP contribution in [0.3, 0.4) is 0 Å². The van der Waals surface area contributed by atoms with Crippen molar-refractivity contribution >= 4 is 5.57 Å². The third kappa shape index (κ3) is 2.75. The molecule has 0 aromatic carbocycles. The molecule has 0 amide bonds. The Balaban J connectivity index is 2.34. The lowest BCUT2D eigenvalue weighted by Crippen LogP contribution is -2.35. The molecule has 20 heavy (non-hydrogen) atoms. The third-order valence-electron chi connectivity index (χ3n) is 3.43. The zero-order valence-electron chi connectivity index (χ0n) is 12.4. The third-order valence-corrected chi connectivity index (χ3v) is 3.43. The fraction of sp³-hybridized carbons (Fsp3) is 0.312. The van der Waals surface area contributed by atoms with Crippen molar-refractivity contribution in [2.45, 2.75) is 26.4 Å². The molecule has 2 rings (SSSR count). The van der Waals surface area contributed by atoms with Gasteiger partial charge in [0, 0.05) is 37.1 Å². The molecule has 0 saturated heterocycles. The summed E-state index contributed by atoms with van der Waals surface area (Å²) in [6, 6.07) is 0.151. The van der Waals surface area contributed by atoms with Gasteiger partial charge in [0.2, 0.25) is 0 Å². The summed E-state index contributed by atoms with van der Waals surface area (Å²) in [7, 11) is 2.03. The van der Waals surface area contributed by atoms with Gasteiger partial charge in [0.1, 0.15) is 0 Å². The van der Waals surface area contributed by atoms with E-state index in [2.05, 4.69) is 41.3 Å². The van der Waals surface area contributed by atoms with Crippen LogP contribution in [0.5, 0.6) is 0 Å². The molecular weight excluding hydrogens is 248 g/mol. The van der Waals surface area contributed by atoms with E-state index in [-0.39, 0.29) is 6.04 Å². The number of nitrogens with zero attached hydrogens (tertiary/aromatic N) is 3. The van der Waals surface area contributed by atoms with Crippen LogP contribution in [0.25, 0.3) is 5.57 Å². The molecular formula is C16H22N4. The smallest absolute Gasteiger partial charge is 0.0808 e. The van der Waals surface area contributed by atoms with E-state index in [9.17, 15) is 0 Å². The second-order valence-corrected chi connectivity index (χ2v) is 4.72. The zero-order chi connectivity index (χ0) is 14.5. The Morgan fingerprint density at radius 1 is 1.55 bits per heavy atom. The topological polar surface area (TPSA) is 33.1 Å². The van der Waals surface area contributed by atoms with Gasteiger partial charge in [-0.25, -0.2) is 5.01 Å². The first kappa shape index (κ1) is 14.3. The highest BCUT2D eigenvalue weighted by Gasteiger charge is 2.28. The van der Waals surface area contributed by atoms with Crippen molar-refractivity contribution in [2.24, 2.45) is 0 Å². The molecule has 0 aliphatic carbocycles. The van der Waals surface area contributed by atoms with Gasteiger partial charge in [-0.1, -0.05) is 30.9 Å². The second-order valence-electron chi connectivity index (χ2n) is 4.72. The summed E-state index contributed by atoms with van der Waals surface area (Å²) in [5, 5.41) is 6.44. The summed E-state index contributed by atoms with van der Waals surface area (Å²) in [6.45, 7) is 8.91. The summed E-state index contributed by atoms with van der Waals surface area (Å²) in [6.07, 6.45) is 14.1. The fourth-order valence-corrected chi connectivity index (χ4v) is 2.34. The van der Waals surface area contributed by atoms with Gasteiger partial charge in [-0.05, 0) is 19.4 Å². The number of likely N-dealkylation sites (N-methyl/N-ethyl adjacent to an activating group) is 1. The largest absolute Gasteiger partial charge is 0.325 e. The van der Waals surface area contributed by atoms with Gasteiger partial charge in [-0.3, -0.25) is 4.68 Å². The van der Waals surface area contributed by atoms with E-state index in [0.717, 1.165) is 17.7 Å². The molecule has 1 aliphatic rings. The van der Waals surface area contributed by atoms with Crippen LogP contribution in [0.2, 0.25) is 0 Å². The SMILES string of the molecule is C=C/C(=C\C=C/C)C1C(c2cnn(CC)c2)=CNN1C. The maximum atomic E-state index is 4.36. The molecule has 0 fully saturated rings. The van der Waals surface area contributed by atoms with Gasteiger partial charge in [0.15, 0.2) is 0 Å². The number of allylic oxidation sites excluding steroid dienone is 3. The Bertz CT molecular complexity index is 563. The molecule has 1 aromatic rings. The van der Waals surface area contributed by atoms with Gasteiger partial charge >= 0.3 is 0 Å². The Labute approximate surface area is 120 Å². The molecule has 0 spiro atoms. The van der Waals surface area contributed by atoms with Crippen LogP contribution in [0.4, 0.5) is 0 Å². The standard InChI is InChI=1S/C16H22N4/c1-5-8-9-13(6-2)16-15(11-17-19(16)4)14-10-18-20(7-3)12-14/h5-6,8-12,16-17H,2,7H2,1,3-4H3/b8-5-,13-9+. The van der Waals surface area contributed by atoms with E-state index >= 15 is 0 Å². The molecule has 1 aliphatic heterocycles. The first-order valence-corrected chi connectivity index (χ1v) is 6.88. The summed E-state index contributed by atoms with van der Waals surface area (Å²) < 4.78 is 1.94. The Morgan fingerprint density at radius 3 is 2.95 bits per heavy atom. The fourth-order valence-electron chi connectivity index (χ4n) is 2.34. The van der Waals surface area contributed by atoms with Gasteiger partial charge in [0.25, 0.3) is 0 Å². The van der Waals surface area contributed by atoms with Gasteiger partial charge < -0.3 is 5.43 Å². The Kier molecular flexibility index (Phi) is 4.58. The molecule has 2 heterocycles. The summed E-state index contributed by atoms with van der Waals surface area (Å²) >= 11 is 0. The van der Waals surface area contributed by atoms with Crippen LogP contribution in [0, 0.1) is 0 Å². The van der Waals surface area contributed by atoms with Crippen molar-refractivity contribution in [3.8, 4) is 0 Å². The molecule has 4 heteroatoms. The van der Waals surface area contributed by atoms with Crippen molar-refractivity contribution in [2.75, 3.05) is 7.05 Å². The highest BCUT2D eigenvalue weighted by Crippen LogP contribution is 2.29.